The fourth-order valence-electron chi connectivity index (χ4n) is 2.89. The average molecular weight is 230 g/mol. The Bertz CT molecular complexity index is 400. The molecule has 92 valence electrons. The SMILES string of the molecule is CCCc1cccc(C(=O)C2(C)CCCC2)c1. The summed E-state index contributed by atoms with van der Waals surface area (Å²) in [7, 11) is 0. The molecule has 0 atom stereocenters. The standard InChI is InChI=1S/C16H22O/c1-3-7-13-8-6-9-14(12-13)15(17)16(2)10-4-5-11-16/h6,8-9,12H,3-5,7,10-11H2,1-2H3. The van der Waals surface area contributed by atoms with E-state index >= 15 is 0 Å². The first-order valence-corrected chi connectivity index (χ1v) is 6.79. The highest BCUT2D eigenvalue weighted by Crippen LogP contribution is 2.40. The largest absolute Gasteiger partial charge is 0.294 e. The molecule has 0 unspecified atom stereocenters. The van der Waals surface area contributed by atoms with E-state index in [4.69, 9.17) is 0 Å². The van der Waals surface area contributed by atoms with E-state index in [0.717, 1.165) is 31.2 Å². The Morgan fingerprint density at radius 2 is 2.00 bits per heavy atom. The number of carbonyl (C=O) groups is 1. The summed E-state index contributed by atoms with van der Waals surface area (Å²) in [6.45, 7) is 4.31. The summed E-state index contributed by atoms with van der Waals surface area (Å²) < 4.78 is 0. The normalized spacial score (nSPS) is 18.2. The smallest absolute Gasteiger partial charge is 0.168 e. The van der Waals surface area contributed by atoms with Gasteiger partial charge in [-0.05, 0) is 30.9 Å². The Kier molecular flexibility index (Phi) is 3.66. The molecule has 0 saturated heterocycles. The van der Waals surface area contributed by atoms with Crippen LogP contribution in [-0.2, 0) is 6.42 Å². The molecule has 0 N–H and O–H groups in total. The summed E-state index contributed by atoms with van der Waals surface area (Å²) in [5.41, 5.74) is 2.12. The molecule has 2 rings (SSSR count). The van der Waals surface area contributed by atoms with Crippen LogP contribution in [0.2, 0.25) is 0 Å². The van der Waals surface area contributed by atoms with E-state index in [-0.39, 0.29) is 5.41 Å². The zero-order valence-corrected chi connectivity index (χ0v) is 11.0. The molecule has 1 saturated carbocycles. The number of hydrogen-bond acceptors (Lipinski definition) is 1. The minimum absolute atomic E-state index is 0.0924. The maximum Gasteiger partial charge on any atom is 0.168 e. The van der Waals surface area contributed by atoms with E-state index < -0.39 is 0 Å². The summed E-state index contributed by atoms with van der Waals surface area (Å²) in [5, 5.41) is 0. The Hall–Kier alpha value is -1.11. The maximum atomic E-state index is 12.5. The molecule has 0 aromatic heterocycles. The quantitative estimate of drug-likeness (QED) is 0.700. The third kappa shape index (κ3) is 2.59. The number of benzene rings is 1. The Morgan fingerprint density at radius 1 is 1.29 bits per heavy atom. The molecule has 0 aliphatic heterocycles. The van der Waals surface area contributed by atoms with Gasteiger partial charge in [0.25, 0.3) is 0 Å². The molecule has 17 heavy (non-hydrogen) atoms. The van der Waals surface area contributed by atoms with Crippen molar-refractivity contribution in [1.82, 2.24) is 0 Å². The number of rotatable bonds is 4. The van der Waals surface area contributed by atoms with Gasteiger partial charge in [-0.25, -0.2) is 0 Å². The minimum Gasteiger partial charge on any atom is -0.294 e. The topological polar surface area (TPSA) is 17.1 Å². The van der Waals surface area contributed by atoms with E-state index in [1.54, 1.807) is 0 Å². The Labute approximate surface area is 104 Å². The molecule has 1 aromatic carbocycles. The van der Waals surface area contributed by atoms with Gasteiger partial charge in [0.05, 0.1) is 0 Å². The first kappa shape index (κ1) is 12.3. The van der Waals surface area contributed by atoms with Crippen LogP contribution in [-0.4, -0.2) is 5.78 Å². The molecule has 1 aliphatic carbocycles. The minimum atomic E-state index is -0.0924. The summed E-state index contributed by atoms with van der Waals surface area (Å²) >= 11 is 0. The highest BCUT2D eigenvalue weighted by molar-refractivity contribution is 6.00. The predicted molar refractivity (Wildman–Crippen MR) is 71.3 cm³/mol. The van der Waals surface area contributed by atoms with Crippen LogP contribution in [0.25, 0.3) is 0 Å². The van der Waals surface area contributed by atoms with Gasteiger partial charge in [0.2, 0.25) is 0 Å². The Balaban J connectivity index is 2.21. The molecular weight excluding hydrogens is 208 g/mol. The second-order valence-corrected chi connectivity index (χ2v) is 5.55. The van der Waals surface area contributed by atoms with Crippen molar-refractivity contribution in [1.29, 1.82) is 0 Å². The lowest BCUT2D eigenvalue weighted by atomic mass is 9.80. The molecule has 1 aliphatic rings. The van der Waals surface area contributed by atoms with Gasteiger partial charge in [0, 0.05) is 11.0 Å². The van der Waals surface area contributed by atoms with Crippen LogP contribution in [0.15, 0.2) is 24.3 Å². The van der Waals surface area contributed by atoms with Gasteiger partial charge in [0.1, 0.15) is 0 Å². The first-order valence-electron chi connectivity index (χ1n) is 6.79. The lowest BCUT2D eigenvalue weighted by Crippen LogP contribution is -2.24. The van der Waals surface area contributed by atoms with Crippen molar-refractivity contribution in [2.75, 3.05) is 0 Å². The van der Waals surface area contributed by atoms with E-state index in [1.807, 2.05) is 12.1 Å². The highest BCUT2D eigenvalue weighted by Gasteiger charge is 2.36. The van der Waals surface area contributed by atoms with E-state index in [9.17, 15) is 4.79 Å². The predicted octanol–water partition coefficient (Wildman–Crippen LogP) is 4.40. The van der Waals surface area contributed by atoms with Gasteiger partial charge in [0.15, 0.2) is 5.78 Å². The molecule has 1 heteroatoms. The van der Waals surface area contributed by atoms with E-state index in [2.05, 4.69) is 26.0 Å². The van der Waals surface area contributed by atoms with Crippen molar-refractivity contribution >= 4 is 5.78 Å². The number of ketones is 1. The van der Waals surface area contributed by atoms with Gasteiger partial charge in [-0.15, -0.1) is 0 Å². The van der Waals surface area contributed by atoms with Gasteiger partial charge < -0.3 is 0 Å². The Morgan fingerprint density at radius 3 is 2.65 bits per heavy atom. The van der Waals surface area contributed by atoms with Crippen molar-refractivity contribution in [3.63, 3.8) is 0 Å². The van der Waals surface area contributed by atoms with Crippen LogP contribution in [0.1, 0.15) is 61.9 Å². The van der Waals surface area contributed by atoms with Crippen LogP contribution < -0.4 is 0 Å². The zero-order chi connectivity index (χ0) is 12.3. The molecule has 1 nitrogen and oxygen atoms in total. The third-order valence-electron chi connectivity index (χ3n) is 3.98. The molecule has 0 heterocycles. The van der Waals surface area contributed by atoms with Gasteiger partial charge in [-0.3, -0.25) is 4.79 Å². The van der Waals surface area contributed by atoms with Gasteiger partial charge in [-0.2, -0.15) is 0 Å². The third-order valence-corrected chi connectivity index (χ3v) is 3.98. The summed E-state index contributed by atoms with van der Waals surface area (Å²) in [6, 6.07) is 8.22. The van der Waals surface area contributed by atoms with Crippen LogP contribution in [0.4, 0.5) is 0 Å². The fraction of sp³-hybridized carbons (Fsp3) is 0.562. The van der Waals surface area contributed by atoms with Crippen molar-refractivity contribution in [2.24, 2.45) is 5.41 Å². The molecule has 0 radical (unpaired) electrons. The lowest BCUT2D eigenvalue weighted by molar-refractivity contribution is 0.0823. The van der Waals surface area contributed by atoms with E-state index in [0.29, 0.717) is 5.78 Å². The molecule has 0 spiro atoms. The van der Waals surface area contributed by atoms with Crippen LogP contribution in [0.3, 0.4) is 0 Å². The summed E-state index contributed by atoms with van der Waals surface area (Å²) in [5.74, 6) is 0.355. The van der Waals surface area contributed by atoms with Crippen LogP contribution >= 0.6 is 0 Å². The van der Waals surface area contributed by atoms with Crippen molar-refractivity contribution in [3.05, 3.63) is 35.4 Å². The molecule has 1 aromatic rings. The second kappa shape index (κ2) is 5.03. The maximum absolute atomic E-state index is 12.5. The molecule has 1 fully saturated rings. The van der Waals surface area contributed by atoms with Crippen molar-refractivity contribution < 1.29 is 4.79 Å². The monoisotopic (exact) mass is 230 g/mol. The second-order valence-electron chi connectivity index (χ2n) is 5.55. The van der Waals surface area contributed by atoms with Gasteiger partial charge in [-0.1, -0.05) is 51.3 Å². The van der Waals surface area contributed by atoms with Crippen molar-refractivity contribution in [3.8, 4) is 0 Å². The summed E-state index contributed by atoms with van der Waals surface area (Å²) in [4.78, 5) is 12.5. The summed E-state index contributed by atoms with van der Waals surface area (Å²) in [6.07, 6.45) is 6.73. The van der Waals surface area contributed by atoms with Crippen LogP contribution in [0, 0.1) is 5.41 Å². The fourth-order valence-corrected chi connectivity index (χ4v) is 2.89. The molecule has 0 bridgehead atoms. The van der Waals surface area contributed by atoms with Crippen LogP contribution in [0.5, 0.6) is 0 Å². The molecule has 0 amide bonds. The number of aryl methyl sites for hydroxylation is 1. The van der Waals surface area contributed by atoms with E-state index in [1.165, 1.54) is 18.4 Å². The van der Waals surface area contributed by atoms with Gasteiger partial charge >= 0.3 is 0 Å². The average Bonchev–Trinajstić information content (AvgIpc) is 2.77. The number of hydrogen-bond donors (Lipinski definition) is 0. The zero-order valence-electron chi connectivity index (χ0n) is 11.0. The highest BCUT2D eigenvalue weighted by atomic mass is 16.1. The van der Waals surface area contributed by atoms with Crippen molar-refractivity contribution in [2.45, 2.75) is 52.4 Å². The lowest BCUT2D eigenvalue weighted by Gasteiger charge is -2.21. The number of carbonyl (C=O) groups excluding carboxylic acids is 1. The number of Topliss-reactive ketones (excluding diaryl/α,β-unsaturated/α-hetero) is 1. The first-order chi connectivity index (χ1) is 8.15. The molecular formula is C16H22O.